The van der Waals surface area contributed by atoms with Gasteiger partial charge < -0.3 is 16.0 Å². The van der Waals surface area contributed by atoms with Crippen LogP contribution in [0.4, 0.5) is 13.6 Å². The first kappa shape index (κ1) is 19.6. The molecular formula is C20H33F2N3O. The number of nitrogens with zero attached hydrogens (tertiary/aromatic N) is 1. The summed E-state index contributed by atoms with van der Waals surface area (Å²) < 4.78 is 27.2. The Bertz CT molecular complexity index is 493. The molecule has 1 aliphatic heterocycles. The Labute approximate surface area is 155 Å². The first-order valence-corrected chi connectivity index (χ1v) is 10.3. The van der Waals surface area contributed by atoms with Gasteiger partial charge in [-0.3, -0.25) is 0 Å². The van der Waals surface area contributed by atoms with Crippen molar-refractivity contribution in [3.05, 3.63) is 12.2 Å². The lowest BCUT2D eigenvalue weighted by molar-refractivity contribution is 0.110. The number of nitrogens with one attached hydrogen (secondary N) is 1. The lowest BCUT2D eigenvalue weighted by atomic mass is 9.80. The van der Waals surface area contributed by atoms with Gasteiger partial charge in [-0.15, -0.1) is 0 Å². The lowest BCUT2D eigenvalue weighted by Crippen LogP contribution is -2.49. The van der Waals surface area contributed by atoms with E-state index in [-0.39, 0.29) is 18.4 Å². The van der Waals surface area contributed by atoms with Gasteiger partial charge >= 0.3 is 6.03 Å². The van der Waals surface area contributed by atoms with E-state index < -0.39 is 18.4 Å². The van der Waals surface area contributed by atoms with E-state index in [0.29, 0.717) is 11.8 Å². The Morgan fingerprint density at radius 3 is 2.54 bits per heavy atom. The van der Waals surface area contributed by atoms with Gasteiger partial charge in [0.2, 0.25) is 0 Å². The summed E-state index contributed by atoms with van der Waals surface area (Å²) in [6.07, 6.45) is 8.71. The molecule has 1 heterocycles. The molecule has 1 saturated carbocycles. The average Bonchev–Trinajstić information content (AvgIpc) is 2.60. The summed E-state index contributed by atoms with van der Waals surface area (Å²) in [6, 6.07) is -0.218. The topological polar surface area (TPSA) is 58.4 Å². The van der Waals surface area contributed by atoms with Crippen LogP contribution in [0.15, 0.2) is 12.2 Å². The minimum atomic E-state index is -1.11. The standard InChI is InChI=1S/C20H33F2N3O/c21-17-6-5-15(18(22)12-17)11-14-7-9-25(10-8-14)13-16-3-1-2-4-19(16)24-20(23)26/h5-6,14-19H,1-4,7-13H2,(H3,23,24,26). The van der Waals surface area contributed by atoms with Crippen molar-refractivity contribution in [2.75, 3.05) is 19.6 Å². The van der Waals surface area contributed by atoms with Crippen LogP contribution >= 0.6 is 0 Å². The second-order valence-corrected chi connectivity index (χ2v) is 8.46. The van der Waals surface area contributed by atoms with Crippen LogP contribution in [0.25, 0.3) is 0 Å². The number of piperidine rings is 1. The molecule has 0 aromatic carbocycles. The van der Waals surface area contributed by atoms with Gasteiger partial charge in [-0.05, 0) is 57.0 Å². The molecule has 3 N–H and O–H groups in total. The summed E-state index contributed by atoms with van der Waals surface area (Å²) in [6.45, 7) is 3.07. The van der Waals surface area contributed by atoms with Crippen LogP contribution < -0.4 is 11.1 Å². The van der Waals surface area contributed by atoms with Crippen LogP contribution in [0, 0.1) is 17.8 Å². The average molecular weight is 370 g/mol. The highest BCUT2D eigenvalue weighted by atomic mass is 19.1. The van der Waals surface area contributed by atoms with Gasteiger partial charge in [0.1, 0.15) is 12.3 Å². The molecule has 26 heavy (non-hydrogen) atoms. The molecule has 1 saturated heterocycles. The number of halogens is 2. The second kappa shape index (κ2) is 9.16. The van der Waals surface area contributed by atoms with E-state index in [1.807, 2.05) is 0 Å². The van der Waals surface area contributed by atoms with E-state index >= 15 is 0 Å². The van der Waals surface area contributed by atoms with Crippen LogP contribution in [-0.4, -0.2) is 49.0 Å². The van der Waals surface area contributed by atoms with Crippen LogP contribution in [0.2, 0.25) is 0 Å². The fraction of sp³-hybridized carbons (Fsp3) is 0.850. The number of primary amides is 1. The Kier molecular flexibility index (Phi) is 6.90. The van der Waals surface area contributed by atoms with Crippen molar-refractivity contribution in [2.24, 2.45) is 23.5 Å². The molecule has 0 aromatic rings. The number of allylic oxidation sites excluding steroid dienone is 2. The summed E-state index contributed by atoms with van der Waals surface area (Å²) in [7, 11) is 0. The van der Waals surface area contributed by atoms with Gasteiger partial charge in [-0.1, -0.05) is 25.0 Å². The zero-order valence-corrected chi connectivity index (χ0v) is 15.6. The number of carbonyl (C=O) groups excluding carboxylic acids is 1. The molecule has 0 radical (unpaired) electrons. The largest absolute Gasteiger partial charge is 0.352 e. The molecule has 2 amide bonds. The van der Waals surface area contributed by atoms with Gasteiger partial charge in [-0.25, -0.2) is 13.6 Å². The predicted octanol–water partition coefficient (Wildman–Crippen LogP) is 3.57. The first-order chi connectivity index (χ1) is 12.5. The number of amides is 2. The fourth-order valence-corrected chi connectivity index (χ4v) is 5.00. The zero-order chi connectivity index (χ0) is 18.5. The summed E-state index contributed by atoms with van der Waals surface area (Å²) >= 11 is 0. The minimum Gasteiger partial charge on any atom is -0.352 e. The van der Waals surface area contributed by atoms with Gasteiger partial charge in [-0.2, -0.15) is 0 Å². The number of hydrogen-bond donors (Lipinski definition) is 2. The normalized spacial score (nSPS) is 36.8. The highest BCUT2D eigenvalue weighted by Crippen LogP contribution is 2.33. The Morgan fingerprint density at radius 2 is 1.85 bits per heavy atom. The lowest BCUT2D eigenvalue weighted by Gasteiger charge is -2.39. The second-order valence-electron chi connectivity index (χ2n) is 8.46. The van der Waals surface area contributed by atoms with Crippen LogP contribution in [0.5, 0.6) is 0 Å². The monoisotopic (exact) mass is 369 g/mol. The molecular weight excluding hydrogens is 336 g/mol. The summed E-state index contributed by atoms with van der Waals surface area (Å²) in [5.41, 5.74) is 5.32. The Morgan fingerprint density at radius 1 is 1.12 bits per heavy atom. The van der Waals surface area contributed by atoms with Crippen molar-refractivity contribution in [1.29, 1.82) is 0 Å². The molecule has 2 aliphatic carbocycles. The molecule has 0 bridgehead atoms. The van der Waals surface area contributed by atoms with E-state index in [0.717, 1.165) is 58.2 Å². The van der Waals surface area contributed by atoms with Gasteiger partial charge in [0, 0.05) is 24.9 Å². The van der Waals surface area contributed by atoms with E-state index in [4.69, 9.17) is 5.73 Å². The van der Waals surface area contributed by atoms with E-state index in [9.17, 15) is 13.6 Å². The van der Waals surface area contributed by atoms with Crippen molar-refractivity contribution >= 4 is 6.03 Å². The third-order valence-electron chi connectivity index (χ3n) is 6.52. The highest BCUT2D eigenvalue weighted by Gasteiger charge is 2.32. The summed E-state index contributed by atoms with van der Waals surface area (Å²) in [5, 5.41) is 2.93. The van der Waals surface area contributed by atoms with Gasteiger partial charge in [0.05, 0.1) is 0 Å². The highest BCUT2D eigenvalue weighted by molar-refractivity contribution is 5.72. The van der Waals surface area contributed by atoms with E-state index in [1.165, 1.54) is 12.5 Å². The van der Waals surface area contributed by atoms with Crippen molar-refractivity contribution in [1.82, 2.24) is 10.2 Å². The SMILES string of the molecule is NC(=O)NC1CCCCC1CN1CCC(CC2C=CC(F)CC2F)CC1. The Hall–Kier alpha value is -1.17. The smallest absolute Gasteiger partial charge is 0.312 e. The van der Waals surface area contributed by atoms with Crippen molar-refractivity contribution in [3.8, 4) is 0 Å². The zero-order valence-electron chi connectivity index (χ0n) is 15.6. The van der Waals surface area contributed by atoms with Crippen molar-refractivity contribution in [2.45, 2.75) is 69.8 Å². The molecule has 3 rings (SSSR count). The summed E-state index contributed by atoms with van der Waals surface area (Å²) in [4.78, 5) is 13.7. The van der Waals surface area contributed by atoms with Gasteiger partial charge in [0.25, 0.3) is 0 Å². The molecule has 3 aliphatic rings. The maximum atomic E-state index is 14.0. The van der Waals surface area contributed by atoms with Crippen molar-refractivity contribution in [3.63, 3.8) is 0 Å². The van der Waals surface area contributed by atoms with Crippen LogP contribution in [-0.2, 0) is 0 Å². The third-order valence-corrected chi connectivity index (χ3v) is 6.52. The van der Waals surface area contributed by atoms with Crippen LogP contribution in [0.3, 0.4) is 0 Å². The number of carbonyl (C=O) groups is 1. The maximum Gasteiger partial charge on any atom is 0.312 e. The molecule has 0 spiro atoms. The quantitative estimate of drug-likeness (QED) is 0.728. The number of alkyl halides is 2. The molecule has 148 valence electrons. The fourth-order valence-electron chi connectivity index (χ4n) is 5.00. The number of likely N-dealkylation sites (tertiary alicyclic amines) is 1. The molecule has 5 unspecified atom stereocenters. The molecule has 2 fully saturated rings. The number of nitrogens with two attached hydrogens (primary N) is 1. The molecule has 4 nitrogen and oxygen atoms in total. The van der Waals surface area contributed by atoms with E-state index in [1.54, 1.807) is 6.08 Å². The van der Waals surface area contributed by atoms with Crippen LogP contribution in [0.1, 0.15) is 51.4 Å². The first-order valence-electron chi connectivity index (χ1n) is 10.3. The number of rotatable bonds is 5. The molecule has 0 aromatic heterocycles. The molecule has 5 atom stereocenters. The Balaban J connectivity index is 1.43. The number of urea groups is 1. The molecule has 6 heteroatoms. The maximum absolute atomic E-state index is 14.0. The van der Waals surface area contributed by atoms with Gasteiger partial charge in [0.15, 0.2) is 0 Å². The van der Waals surface area contributed by atoms with Crippen molar-refractivity contribution < 1.29 is 13.6 Å². The third kappa shape index (κ3) is 5.41. The number of hydrogen-bond acceptors (Lipinski definition) is 2. The van der Waals surface area contributed by atoms with E-state index in [2.05, 4.69) is 10.2 Å². The predicted molar refractivity (Wildman–Crippen MR) is 99.3 cm³/mol. The minimum absolute atomic E-state index is 0.0238. The summed E-state index contributed by atoms with van der Waals surface area (Å²) in [5.74, 6) is 0.896.